The van der Waals surface area contributed by atoms with Crippen LogP contribution in [0, 0.1) is 0 Å². The van der Waals surface area contributed by atoms with Crippen molar-refractivity contribution in [1.82, 2.24) is 0 Å². The molecule has 7 heteroatoms. The van der Waals surface area contributed by atoms with Gasteiger partial charge in [0.2, 0.25) is 0 Å². The Morgan fingerprint density at radius 1 is 0.967 bits per heavy atom. The van der Waals surface area contributed by atoms with Crippen molar-refractivity contribution in [3.63, 3.8) is 0 Å². The Labute approximate surface area is 175 Å². The molecule has 0 spiro atoms. The summed E-state index contributed by atoms with van der Waals surface area (Å²) in [7, 11) is -3.75. The molecule has 6 nitrogen and oxygen atoms in total. The number of carbonyl (C=O) groups excluding carboxylic acids is 1. The van der Waals surface area contributed by atoms with Gasteiger partial charge in [-0.05, 0) is 48.9 Å². The molecule has 0 aliphatic carbocycles. The predicted molar refractivity (Wildman–Crippen MR) is 118 cm³/mol. The molecule has 0 fully saturated rings. The van der Waals surface area contributed by atoms with Crippen molar-refractivity contribution in [3.8, 4) is 11.5 Å². The summed E-state index contributed by atoms with van der Waals surface area (Å²) in [5, 5.41) is 1.10. The first-order valence-corrected chi connectivity index (χ1v) is 11.0. The molecule has 1 heterocycles. The van der Waals surface area contributed by atoms with Crippen LogP contribution >= 0.6 is 0 Å². The van der Waals surface area contributed by atoms with Crippen LogP contribution in [-0.2, 0) is 10.0 Å². The second kappa shape index (κ2) is 8.04. The highest BCUT2D eigenvalue weighted by Gasteiger charge is 2.27. The quantitative estimate of drug-likeness (QED) is 0.639. The summed E-state index contributed by atoms with van der Waals surface area (Å²) in [4.78, 5) is 14.7. The lowest BCUT2D eigenvalue weighted by molar-refractivity contribution is 0.0988. The number of nitrogens with one attached hydrogen (secondary N) is 1. The van der Waals surface area contributed by atoms with E-state index in [9.17, 15) is 13.2 Å². The van der Waals surface area contributed by atoms with Crippen LogP contribution in [0.5, 0.6) is 11.5 Å². The molecule has 0 atom stereocenters. The van der Waals surface area contributed by atoms with Crippen LogP contribution in [0.4, 0.5) is 11.4 Å². The first kappa shape index (κ1) is 19.7. The van der Waals surface area contributed by atoms with E-state index in [-0.39, 0.29) is 11.6 Å². The number of anilines is 2. The number of carbonyl (C=O) groups is 1. The first-order chi connectivity index (χ1) is 14.5. The van der Waals surface area contributed by atoms with Crippen LogP contribution in [-0.4, -0.2) is 20.9 Å². The van der Waals surface area contributed by atoms with Crippen molar-refractivity contribution in [2.24, 2.45) is 0 Å². The van der Waals surface area contributed by atoms with Gasteiger partial charge in [0.05, 0.1) is 16.7 Å². The van der Waals surface area contributed by atoms with Crippen molar-refractivity contribution in [1.29, 1.82) is 0 Å². The third-order valence-electron chi connectivity index (χ3n) is 4.65. The van der Waals surface area contributed by atoms with E-state index >= 15 is 0 Å². The van der Waals surface area contributed by atoms with Gasteiger partial charge in [0, 0.05) is 12.2 Å². The van der Waals surface area contributed by atoms with Crippen molar-refractivity contribution >= 4 is 33.4 Å². The zero-order chi connectivity index (χ0) is 21.1. The van der Waals surface area contributed by atoms with Crippen molar-refractivity contribution in [3.05, 3.63) is 89.3 Å². The number of amides is 1. The molecular formula is C23H20N2O4S. The molecule has 0 saturated heterocycles. The number of hydrogen-bond donors (Lipinski definition) is 1. The van der Waals surface area contributed by atoms with E-state index in [2.05, 4.69) is 4.72 Å². The van der Waals surface area contributed by atoms with E-state index in [1.807, 2.05) is 43.3 Å². The summed E-state index contributed by atoms with van der Waals surface area (Å²) in [6, 6.07) is 21.1. The highest BCUT2D eigenvalue weighted by Crippen LogP contribution is 2.39. The maximum absolute atomic E-state index is 13.1. The van der Waals surface area contributed by atoms with Gasteiger partial charge >= 0.3 is 0 Å². The smallest absolute Gasteiger partial charge is 0.262 e. The van der Waals surface area contributed by atoms with E-state index in [0.717, 1.165) is 11.0 Å². The van der Waals surface area contributed by atoms with Crippen molar-refractivity contribution in [2.45, 2.75) is 6.92 Å². The second-order valence-electron chi connectivity index (χ2n) is 6.69. The lowest BCUT2D eigenvalue weighted by Crippen LogP contribution is -2.29. The first-order valence-electron chi connectivity index (χ1n) is 9.45. The fraction of sp³-hybridized carbons (Fsp3) is 0.0870. The van der Waals surface area contributed by atoms with Crippen LogP contribution < -0.4 is 14.4 Å². The molecule has 152 valence electrons. The number of fused-ring (bicyclic) bond motifs is 2. The summed E-state index contributed by atoms with van der Waals surface area (Å²) in [6.45, 7) is 2.33. The highest BCUT2D eigenvalue weighted by molar-refractivity contribution is 7.95. The van der Waals surface area contributed by atoms with E-state index in [1.54, 1.807) is 35.2 Å². The lowest BCUT2D eigenvalue weighted by Gasteiger charge is -2.19. The van der Waals surface area contributed by atoms with Gasteiger partial charge in [0.1, 0.15) is 5.75 Å². The monoisotopic (exact) mass is 420 g/mol. The number of rotatable bonds is 5. The average molecular weight is 420 g/mol. The molecule has 4 rings (SSSR count). The molecule has 0 radical (unpaired) electrons. The summed E-state index contributed by atoms with van der Waals surface area (Å²) in [6.07, 6.45) is 1.51. The number of sulfonamides is 1. The summed E-state index contributed by atoms with van der Waals surface area (Å²) >= 11 is 0. The fourth-order valence-corrected chi connectivity index (χ4v) is 4.09. The molecular weight excluding hydrogens is 400 g/mol. The van der Waals surface area contributed by atoms with Gasteiger partial charge in [-0.3, -0.25) is 9.52 Å². The van der Waals surface area contributed by atoms with Gasteiger partial charge in [-0.25, -0.2) is 8.42 Å². The molecule has 1 amide bonds. The van der Waals surface area contributed by atoms with Gasteiger partial charge < -0.3 is 9.64 Å². The Hall–Kier alpha value is -3.58. The molecule has 0 aromatic heterocycles. The highest BCUT2D eigenvalue weighted by atomic mass is 32.2. The van der Waals surface area contributed by atoms with E-state index in [4.69, 9.17) is 4.74 Å². The number of nitrogens with zero attached hydrogens (tertiary/aromatic N) is 1. The van der Waals surface area contributed by atoms with Crippen LogP contribution in [0.2, 0.25) is 0 Å². The third kappa shape index (κ3) is 4.06. The van der Waals surface area contributed by atoms with Crippen LogP contribution in [0.15, 0.2) is 78.2 Å². The molecule has 3 aromatic carbocycles. The maximum atomic E-state index is 13.1. The van der Waals surface area contributed by atoms with Crippen molar-refractivity contribution < 1.29 is 17.9 Å². The zero-order valence-electron chi connectivity index (χ0n) is 16.3. The normalized spacial score (nSPS) is 13.4. The fourth-order valence-electron chi connectivity index (χ4n) is 3.23. The Morgan fingerprint density at radius 2 is 1.70 bits per heavy atom. The van der Waals surface area contributed by atoms with E-state index < -0.39 is 10.0 Å². The number of hydrogen-bond acceptors (Lipinski definition) is 4. The standard InChI is InChI=1S/C23H20N2O4S/c1-2-25-20-10-6-7-11-22(20)29-21-13-12-18(16-19(21)23(25)26)24-30(27,28)15-14-17-8-4-3-5-9-17/h3-16,24H,2H2,1H3/b15-14+. The Balaban J connectivity index is 1.64. The lowest BCUT2D eigenvalue weighted by atomic mass is 10.1. The number of benzene rings is 3. The molecule has 0 unspecified atom stereocenters. The van der Waals surface area contributed by atoms with Crippen LogP contribution in [0.1, 0.15) is 22.8 Å². The van der Waals surface area contributed by atoms with Crippen LogP contribution in [0.25, 0.3) is 6.08 Å². The third-order valence-corrected chi connectivity index (χ3v) is 5.66. The second-order valence-corrected chi connectivity index (χ2v) is 8.26. The van der Waals surface area contributed by atoms with Gasteiger partial charge in [0.25, 0.3) is 15.9 Å². The van der Waals surface area contributed by atoms with Gasteiger partial charge in [0.15, 0.2) is 5.75 Å². The van der Waals surface area contributed by atoms with Gasteiger partial charge in [-0.15, -0.1) is 0 Å². The average Bonchev–Trinajstić information content (AvgIpc) is 2.86. The number of ether oxygens (including phenoxy) is 1. The Kier molecular flexibility index (Phi) is 5.29. The van der Waals surface area contributed by atoms with E-state index in [1.165, 1.54) is 12.1 Å². The minimum atomic E-state index is -3.75. The maximum Gasteiger partial charge on any atom is 0.262 e. The van der Waals surface area contributed by atoms with Crippen LogP contribution in [0.3, 0.4) is 0 Å². The molecule has 0 saturated carbocycles. The molecule has 1 aliphatic heterocycles. The molecule has 3 aromatic rings. The topological polar surface area (TPSA) is 75.7 Å². The Bertz CT molecular complexity index is 1220. The zero-order valence-corrected chi connectivity index (χ0v) is 17.1. The summed E-state index contributed by atoms with van der Waals surface area (Å²) in [5.74, 6) is 0.704. The molecule has 0 bridgehead atoms. The predicted octanol–water partition coefficient (Wildman–Crippen LogP) is 4.87. The van der Waals surface area contributed by atoms with Crippen molar-refractivity contribution in [2.75, 3.05) is 16.2 Å². The molecule has 30 heavy (non-hydrogen) atoms. The van der Waals surface area contributed by atoms with E-state index in [0.29, 0.717) is 29.3 Å². The minimum Gasteiger partial charge on any atom is -0.454 e. The summed E-state index contributed by atoms with van der Waals surface area (Å²) in [5.41, 5.74) is 2.02. The minimum absolute atomic E-state index is 0.252. The molecule has 1 N–H and O–H groups in total. The van der Waals surface area contributed by atoms with Gasteiger partial charge in [-0.1, -0.05) is 42.5 Å². The Morgan fingerprint density at radius 3 is 2.47 bits per heavy atom. The van der Waals surface area contributed by atoms with Gasteiger partial charge in [-0.2, -0.15) is 0 Å². The number of para-hydroxylation sites is 2. The molecule has 1 aliphatic rings. The summed E-state index contributed by atoms with van der Waals surface area (Å²) < 4.78 is 33.4. The largest absolute Gasteiger partial charge is 0.454 e. The SMILES string of the molecule is CCN1C(=O)c2cc(NS(=O)(=O)/C=C/c3ccccc3)ccc2Oc2ccccc21.